The average molecular weight is 325 g/mol. The average Bonchev–Trinajstić information content (AvgIpc) is 2.53. The van der Waals surface area contributed by atoms with Gasteiger partial charge in [-0.1, -0.05) is 18.2 Å². The number of hydrogen-bond donors (Lipinski definition) is 2. The molecule has 2 aromatic rings. The summed E-state index contributed by atoms with van der Waals surface area (Å²) in [7, 11) is 0. The number of rotatable bonds is 7. The Morgan fingerprint density at radius 2 is 1.96 bits per heavy atom. The maximum atomic E-state index is 13.3. The highest BCUT2D eigenvalue weighted by atomic mass is 19.3. The molecule has 0 aliphatic rings. The zero-order valence-corrected chi connectivity index (χ0v) is 12.6. The molecule has 0 saturated carbocycles. The monoisotopic (exact) mass is 325 g/mol. The van der Waals surface area contributed by atoms with Gasteiger partial charge in [-0.15, -0.1) is 0 Å². The molecule has 1 unspecified atom stereocenters. The van der Waals surface area contributed by atoms with E-state index in [4.69, 9.17) is 5.11 Å². The van der Waals surface area contributed by atoms with Crippen molar-refractivity contribution in [3.05, 3.63) is 65.0 Å². The molecule has 0 bridgehead atoms. The molecular weight excluding hydrogens is 307 g/mol. The second-order valence-corrected chi connectivity index (χ2v) is 5.14. The summed E-state index contributed by atoms with van der Waals surface area (Å²) in [5.41, 5.74) is 1.86. The lowest BCUT2D eigenvalue weighted by Gasteiger charge is -2.16. The minimum absolute atomic E-state index is 0.107. The standard InChI is InChI=1S/C17H18F3NO2/c1-11(13-3-2-4-15(8-13)23-17(19)20)21-9-12-5-6-16(18)14(7-12)10-22/h2-8,11,17,21-22H,9-10H2,1H3. The van der Waals surface area contributed by atoms with E-state index in [9.17, 15) is 13.2 Å². The Hall–Kier alpha value is -2.05. The number of aliphatic hydroxyl groups excluding tert-OH is 1. The van der Waals surface area contributed by atoms with Crippen LogP contribution >= 0.6 is 0 Å². The van der Waals surface area contributed by atoms with Gasteiger partial charge in [0.25, 0.3) is 0 Å². The number of ether oxygens (including phenoxy) is 1. The molecule has 0 amide bonds. The normalized spacial score (nSPS) is 12.4. The minimum Gasteiger partial charge on any atom is -0.435 e. The van der Waals surface area contributed by atoms with E-state index in [0.717, 1.165) is 11.1 Å². The predicted molar refractivity (Wildman–Crippen MR) is 80.7 cm³/mol. The molecule has 0 aliphatic heterocycles. The molecule has 124 valence electrons. The molecule has 0 heterocycles. The lowest BCUT2D eigenvalue weighted by molar-refractivity contribution is -0.0499. The van der Waals surface area contributed by atoms with E-state index in [2.05, 4.69) is 10.1 Å². The molecule has 2 N–H and O–H groups in total. The second-order valence-electron chi connectivity index (χ2n) is 5.14. The van der Waals surface area contributed by atoms with Crippen molar-refractivity contribution < 1.29 is 23.0 Å². The molecule has 0 aromatic heterocycles. The second kappa shape index (κ2) is 7.99. The van der Waals surface area contributed by atoms with Gasteiger partial charge < -0.3 is 15.2 Å². The fraction of sp³-hybridized carbons (Fsp3) is 0.294. The van der Waals surface area contributed by atoms with Gasteiger partial charge >= 0.3 is 6.61 Å². The molecule has 23 heavy (non-hydrogen) atoms. The lowest BCUT2D eigenvalue weighted by atomic mass is 10.1. The van der Waals surface area contributed by atoms with E-state index in [-0.39, 0.29) is 24.0 Å². The number of benzene rings is 2. The van der Waals surface area contributed by atoms with Crippen LogP contribution in [0.3, 0.4) is 0 Å². The van der Waals surface area contributed by atoms with Crippen molar-refractivity contribution in [2.75, 3.05) is 0 Å². The Kier molecular flexibility index (Phi) is 6.01. The van der Waals surface area contributed by atoms with Crippen LogP contribution in [0.25, 0.3) is 0 Å². The lowest BCUT2D eigenvalue weighted by Crippen LogP contribution is -2.18. The number of nitrogens with one attached hydrogen (secondary N) is 1. The molecule has 0 spiro atoms. The quantitative estimate of drug-likeness (QED) is 0.814. The third-order valence-corrected chi connectivity index (χ3v) is 3.48. The van der Waals surface area contributed by atoms with Crippen LogP contribution in [-0.2, 0) is 13.2 Å². The van der Waals surface area contributed by atoms with Crippen molar-refractivity contribution in [2.45, 2.75) is 32.7 Å². The van der Waals surface area contributed by atoms with Crippen molar-refractivity contribution in [2.24, 2.45) is 0 Å². The Balaban J connectivity index is 2.00. The summed E-state index contributed by atoms with van der Waals surface area (Å²) in [5.74, 6) is -0.336. The Labute approximate surface area is 132 Å². The van der Waals surface area contributed by atoms with Gasteiger partial charge in [-0.3, -0.25) is 0 Å². The minimum atomic E-state index is -2.86. The van der Waals surface area contributed by atoms with Gasteiger partial charge in [-0.2, -0.15) is 8.78 Å². The number of halogens is 3. The maximum Gasteiger partial charge on any atom is 0.387 e. The summed E-state index contributed by atoms with van der Waals surface area (Å²) in [4.78, 5) is 0. The molecule has 3 nitrogen and oxygen atoms in total. The fourth-order valence-electron chi connectivity index (χ4n) is 2.21. The van der Waals surface area contributed by atoms with Crippen LogP contribution < -0.4 is 10.1 Å². The number of aliphatic hydroxyl groups is 1. The predicted octanol–water partition coefficient (Wildman–Crippen LogP) is 3.77. The van der Waals surface area contributed by atoms with E-state index in [0.29, 0.717) is 6.54 Å². The molecule has 0 radical (unpaired) electrons. The van der Waals surface area contributed by atoms with E-state index in [1.54, 1.807) is 30.3 Å². The number of alkyl halides is 2. The van der Waals surface area contributed by atoms with Crippen LogP contribution in [0.5, 0.6) is 5.75 Å². The van der Waals surface area contributed by atoms with Gasteiger partial charge in [0.2, 0.25) is 0 Å². The summed E-state index contributed by atoms with van der Waals surface area (Å²) >= 11 is 0. The van der Waals surface area contributed by atoms with Crippen LogP contribution in [0.15, 0.2) is 42.5 Å². The first-order valence-electron chi connectivity index (χ1n) is 7.16. The first-order chi connectivity index (χ1) is 11.0. The first-order valence-corrected chi connectivity index (χ1v) is 7.16. The molecule has 0 saturated heterocycles. The zero-order chi connectivity index (χ0) is 16.8. The first kappa shape index (κ1) is 17.3. The zero-order valence-electron chi connectivity index (χ0n) is 12.6. The van der Waals surface area contributed by atoms with E-state index < -0.39 is 12.4 Å². The summed E-state index contributed by atoms with van der Waals surface area (Å²) in [6.45, 7) is -0.876. The SMILES string of the molecule is CC(NCc1ccc(F)c(CO)c1)c1cccc(OC(F)F)c1. The Morgan fingerprint density at radius 1 is 1.17 bits per heavy atom. The van der Waals surface area contributed by atoms with Gasteiger partial charge in [0.1, 0.15) is 11.6 Å². The summed E-state index contributed by atoms with van der Waals surface area (Å²) in [6, 6.07) is 10.9. The molecular formula is C17H18F3NO2. The van der Waals surface area contributed by atoms with Gasteiger partial charge in [-0.25, -0.2) is 4.39 Å². The molecule has 2 aromatic carbocycles. The van der Waals surface area contributed by atoms with Crippen molar-refractivity contribution in [1.82, 2.24) is 5.32 Å². The van der Waals surface area contributed by atoms with Crippen LogP contribution in [-0.4, -0.2) is 11.7 Å². The van der Waals surface area contributed by atoms with E-state index >= 15 is 0 Å². The smallest absolute Gasteiger partial charge is 0.387 e. The molecule has 2 rings (SSSR count). The van der Waals surface area contributed by atoms with Crippen molar-refractivity contribution in [3.8, 4) is 5.75 Å². The highest BCUT2D eigenvalue weighted by Crippen LogP contribution is 2.21. The third kappa shape index (κ3) is 4.97. The highest BCUT2D eigenvalue weighted by molar-refractivity contribution is 5.30. The topological polar surface area (TPSA) is 41.5 Å². The molecule has 0 aliphatic carbocycles. The summed E-state index contributed by atoms with van der Waals surface area (Å²) in [5, 5.41) is 12.3. The third-order valence-electron chi connectivity index (χ3n) is 3.48. The van der Waals surface area contributed by atoms with Crippen molar-refractivity contribution >= 4 is 0 Å². The largest absolute Gasteiger partial charge is 0.435 e. The highest BCUT2D eigenvalue weighted by Gasteiger charge is 2.09. The maximum absolute atomic E-state index is 13.3. The molecule has 6 heteroatoms. The Bertz CT molecular complexity index is 649. The molecule has 0 fully saturated rings. The van der Waals surface area contributed by atoms with Gasteiger partial charge in [0, 0.05) is 18.2 Å². The van der Waals surface area contributed by atoms with Crippen molar-refractivity contribution in [1.29, 1.82) is 0 Å². The van der Waals surface area contributed by atoms with Gasteiger partial charge in [-0.05, 0) is 42.3 Å². The van der Waals surface area contributed by atoms with E-state index in [1.807, 2.05) is 6.92 Å². The van der Waals surface area contributed by atoms with Crippen LogP contribution in [0.4, 0.5) is 13.2 Å². The van der Waals surface area contributed by atoms with Crippen LogP contribution in [0, 0.1) is 5.82 Å². The number of hydrogen-bond acceptors (Lipinski definition) is 3. The summed E-state index contributed by atoms with van der Waals surface area (Å²) < 4.78 is 42.2. The molecule has 1 atom stereocenters. The van der Waals surface area contributed by atoms with E-state index in [1.165, 1.54) is 12.1 Å². The van der Waals surface area contributed by atoms with Crippen molar-refractivity contribution in [3.63, 3.8) is 0 Å². The summed E-state index contributed by atoms with van der Waals surface area (Å²) in [6.07, 6.45) is 0. The van der Waals surface area contributed by atoms with Crippen LogP contribution in [0.2, 0.25) is 0 Å². The Morgan fingerprint density at radius 3 is 2.65 bits per heavy atom. The van der Waals surface area contributed by atoms with Crippen LogP contribution in [0.1, 0.15) is 29.7 Å². The fourth-order valence-corrected chi connectivity index (χ4v) is 2.21. The van der Waals surface area contributed by atoms with Gasteiger partial charge in [0.05, 0.1) is 6.61 Å². The van der Waals surface area contributed by atoms with Gasteiger partial charge in [0.15, 0.2) is 0 Å².